The van der Waals surface area contributed by atoms with E-state index in [4.69, 9.17) is 0 Å². The zero-order chi connectivity index (χ0) is 19.6. The van der Waals surface area contributed by atoms with Crippen molar-refractivity contribution in [1.29, 1.82) is 0 Å². The molecule has 0 N–H and O–H groups in total. The molecule has 4 aromatic heterocycles. The molecule has 5 rings (SSSR count). The van der Waals surface area contributed by atoms with Gasteiger partial charge in [-0.2, -0.15) is 5.10 Å². The summed E-state index contributed by atoms with van der Waals surface area (Å²) in [6, 6.07) is 7.55. The monoisotopic (exact) mass is 387 g/mol. The van der Waals surface area contributed by atoms with Gasteiger partial charge in [-0.25, -0.2) is 14.5 Å². The van der Waals surface area contributed by atoms with E-state index in [0.717, 1.165) is 37.3 Å². The minimum absolute atomic E-state index is 0.0504. The molecule has 0 unspecified atom stereocenters. The minimum atomic E-state index is -0.0504. The average Bonchev–Trinajstić information content (AvgIpc) is 3.41. The van der Waals surface area contributed by atoms with Crippen LogP contribution in [0.5, 0.6) is 0 Å². The molecule has 0 spiro atoms. The first kappa shape index (κ1) is 17.5. The molecule has 29 heavy (non-hydrogen) atoms. The number of imidazole rings is 1. The van der Waals surface area contributed by atoms with Gasteiger partial charge >= 0.3 is 0 Å². The van der Waals surface area contributed by atoms with E-state index in [-0.39, 0.29) is 11.8 Å². The second-order valence-corrected chi connectivity index (χ2v) is 7.32. The van der Waals surface area contributed by atoms with Gasteiger partial charge in [0.1, 0.15) is 5.82 Å². The third-order valence-electron chi connectivity index (χ3n) is 5.35. The van der Waals surface area contributed by atoms with Crippen molar-refractivity contribution < 1.29 is 4.79 Å². The van der Waals surface area contributed by atoms with Crippen LogP contribution in [0.4, 0.5) is 0 Å². The SMILES string of the molecule is O=C(c1cc2ncccn2n1)N1CCC[C@H](c2nccn2Cc2cccnc2)C1. The number of carbonyl (C=O) groups is 1. The Balaban J connectivity index is 1.34. The number of rotatable bonds is 4. The molecule has 8 nitrogen and oxygen atoms in total. The van der Waals surface area contributed by atoms with Crippen molar-refractivity contribution >= 4 is 11.6 Å². The quantitative estimate of drug-likeness (QED) is 0.537. The maximum atomic E-state index is 13.0. The van der Waals surface area contributed by atoms with E-state index in [1.54, 1.807) is 35.2 Å². The van der Waals surface area contributed by atoms with Gasteiger partial charge in [-0.15, -0.1) is 0 Å². The highest BCUT2D eigenvalue weighted by Crippen LogP contribution is 2.27. The first-order valence-corrected chi connectivity index (χ1v) is 9.77. The van der Waals surface area contributed by atoms with Crippen LogP contribution in [-0.2, 0) is 6.54 Å². The smallest absolute Gasteiger partial charge is 0.274 e. The third-order valence-corrected chi connectivity index (χ3v) is 5.35. The summed E-state index contributed by atoms with van der Waals surface area (Å²) in [6.07, 6.45) is 12.9. The van der Waals surface area contributed by atoms with Gasteiger partial charge in [0, 0.05) is 62.3 Å². The fraction of sp³-hybridized carbons (Fsp3) is 0.286. The van der Waals surface area contributed by atoms with E-state index in [9.17, 15) is 4.79 Å². The summed E-state index contributed by atoms with van der Waals surface area (Å²) in [5, 5.41) is 4.38. The van der Waals surface area contributed by atoms with Gasteiger partial charge in [0.15, 0.2) is 11.3 Å². The van der Waals surface area contributed by atoms with E-state index in [2.05, 4.69) is 30.7 Å². The predicted octanol–water partition coefficient (Wildman–Crippen LogP) is 2.39. The lowest BCUT2D eigenvalue weighted by Gasteiger charge is -2.32. The van der Waals surface area contributed by atoms with Gasteiger partial charge in [0.2, 0.25) is 0 Å². The molecule has 0 bridgehead atoms. The summed E-state index contributed by atoms with van der Waals surface area (Å²) >= 11 is 0. The van der Waals surface area contributed by atoms with Gasteiger partial charge in [0.25, 0.3) is 5.91 Å². The van der Waals surface area contributed by atoms with E-state index in [1.807, 2.05) is 29.6 Å². The van der Waals surface area contributed by atoms with Crippen molar-refractivity contribution in [3.63, 3.8) is 0 Å². The Bertz CT molecular complexity index is 1100. The number of aromatic nitrogens is 6. The number of likely N-dealkylation sites (tertiary alicyclic amines) is 1. The van der Waals surface area contributed by atoms with Gasteiger partial charge in [-0.1, -0.05) is 6.07 Å². The zero-order valence-corrected chi connectivity index (χ0v) is 15.9. The fourth-order valence-corrected chi connectivity index (χ4v) is 3.97. The number of amides is 1. The Hall–Kier alpha value is -3.55. The number of carbonyl (C=O) groups excluding carboxylic acids is 1. The van der Waals surface area contributed by atoms with Gasteiger partial charge in [0.05, 0.1) is 6.54 Å². The first-order valence-electron chi connectivity index (χ1n) is 9.77. The molecule has 1 fully saturated rings. The normalized spacial score (nSPS) is 17.0. The lowest BCUT2D eigenvalue weighted by atomic mass is 9.96. The van der Waals surface area contributed by atoms with Crippen LogP contribution in [0.1, 0.15) is 40.6 Å². The van der Waals surface area contributed by atoms with Crippen molar-refractivity contribution in [2.24, 2.45) is 0 Å². The highest BCUT2D eigenvalue weighted by molar-refractivity contribution is 5.93. The molecule has 0 aliphatic carbocycles. The standard InChI is InChI=1S/C21H21N7O/c29-21(18-12-19-23-7-3-10-28(19)25-18)27-9-2-5-17(15-27)20-24-8-11-26(20)14-16-4-1-6-22-13-16/h1,3-4,6-8,10-13,17H,2,5,9,14-15H2/t17-/m0/s1. The van der Waals surface area contributed by atoms with Gasteiger partial charge in [-0.05, 0) is 30.5 Å². The van der Waals surface area contributed by atoms with Crippen LogP contribution < -0.4 is 0 Å². The molecule has 0 aromatic carbocycles. The summed E-state index contributed by atoms with van der Waals surface area (Å²) in [5.41, 5.74) is 2.24. The predicted molar refractivity (Wildman–Crippen MR) is 106 cm³/mol. The van der Waals surface area contributed by atoms with Gasteiger partial charge < -0.3 is 9.47 Å². The van der Waals surface area contributed by atoms with Crippen LogP contribution in [0.2, 0.25) is 0 Å². The fourth-order valence-electron chi connectivity index (χ4n) is 3.97. The van der Waals surface area contributed by atoms with Crippen LogP contribution in [0.3, 0.4) is 0 Å². The largest absolute Gasteiger partial charge is 0.337 e. The van der Waals surface area contributed by atoms with Crippen LogP contribution in [0.15, 0.2) is 61.4 Å². The van der Waals surface area contributed by atoms with Crippen LogP contribution >= 0.6 is 0 Å². The Morgan fingerprint density at radius 1 is 1.14 bits per heavy atom. The highest BCUT2D eigenvalue weighted by atomic mass is 16.2. The summed E-state index contributed by atoms with van der Waals surface area (Å²) < 4.78 is 3.79. The van der Waals surface area contributed by atoms with Crippen molar-refractivity contribution in [3.8, 4) is 0 Å². The Kier molecular flexibility index (Phi) is 4.51. The first-order chi connectivity index (χ1) is 14.3. The number of hydrogen-bond donors (Lipinski definition) is 0. The van der Waals surface area contributed by atoms with E-state index >= 15 is 0 Å². The molecule has 146 valence electrons. The second kappa shape index (κ2) is 7.46. The Labute approximate surface area is 167 Å². The van der Waals surface area contributed by atoms with Gasteiger partial charge in [-0.3, -0.25) is 9.78 Å². The Morgan fingerprint density at radius 2 is 2.10 bits per heavy atom. The summed E-state index contributed by atoms with van der Waals surface area (Å²) in [5.74, 6) is 1.17. The van der Waals surface area contributed by atoms with Crippen molar-refractivity contribution in [3.05, 3.63) is 78.5 Å². The molecule has 4 aromatic rings. The average molecular weight is 387 g/mol. The van der Waals surface area contributed by atoms with E-state index < -0.39 is 0 Å². The molecule has 5 heterocycles. The molecule has 1 aliphatic heterocycles. The van der Waals surface area contributed by atoms with Crippen molar-refractivity contribution in [1.82, 2.24) is 34.0 Å². The molecule has 8 heteroatoms. The molecular formula is C21H21N7O. The molecule has 0 radical (unpaired) electrons. The zero-order valence-electron chi connectivity index (χ0n) is 15.9. The molecular weight excluding hydrogens is 366 g/mol. The summed E-state index contributed by atoms with van der Waals surface area (Å²) in [4.78, 5) is 28.0. The van der Waals surface area contributed by atoms with Crippen molar-refractivity contribution in [2.75, 3.05) is 13.1 Å². The summed E-state index contributed by atoms with van der Waals surface area (Å²) in [7, 11) is 0. The molecule has 1 aliphatic rings. The van der Waals surface area contributed by atoms with Crippen LogP contribution in [-0.4, -0.2) is 53.0 Å². The highest BCUT2D eigenvalue weighted by Gasteiger charge is 2.29. The number of nitrogens with zero attached hydrogens (tertiary/aromatic N) is 7. The minimum Gasteiger partial charge on any atom is -0.337 e. The number of fused-ring (bicyclic) bond motifs is 1. The lowest BCUT2D eigenvalue weighted by molar-refractivity contribution is 0.0697. The van der Waals surface area contributed by atoms with Crippen molar-refractivity contribution in [2.45, 2.75) is 25.3 Å². The summed E-state index contributed by atoms with van der Waals surface area (Å²) in [6.45, 7) is 2.11. The molecule has 1 amide bonds. The molecule has 1 atom stereocenters. The van der Waals surface area contributed by atoms with Crippen LogP contribution in [0.25, 0.3) is 5.65 Å². The lowest BCUT2D eigenvalue weighted by Crippen LogP contribution is -2.40. The third kappa shape index (κ3) is 3.49. The molecule has 1 saturated heterocycles. The van der Waals surface area contributed by atoms with Crippen LogP contribution in [0, 0.1) is 0 Å². The number of piperidine rings is 1. The van der Waals surface area contributed by atoms with E-state index in [0.29, 0.717) is 17.9 Å². The topological polar surface area (TPSA) is 81.2 Å². The second-order valence-electron chi connectivity index (χ2n) is 7.32. The number of hydrogen-bond acceptors (Lipinski definition) is 5. The molecule has 0 saturated carbocycles. The maximum absolute atomic E-state index is 13.0. The maximum Gasteiger partial charge on any atom is 0.274 e. The Morgan fingerprint density at radius 3 is 2.97 bits per heavy atom. The van der Waals surface area contributed by atoms with E-state index in [1.165, 1.54) is 0 Å². The number of pyridine rings is 1.